The van der Waals surface area contributed by atoms with Crippen molar-refractivity contribution in [1.29, 1.82) is 0 Å². The average molecular weight is 275 g/mol. The standard InChI is InChI=1S/C15H21N3O2/c1-11-16-13-8-6-7-12(15(19)20)14(13)18(11)10-5-4-9-17(2)3/h6-8H,4-5,9-10H2,1-3H3,(H,19,20). The molecule has 108 valence electrons. The van der Waals surface area contributed by atoms with Gasteiger partial charge in [0.05, 0.1) is 16.6 Å². The number of carbonyl (C=O) groups is 1. The molecule has 0 radical (unpaired) electrons. The Kier molecular flexibility index (Phi) is 4.39. The number of rotatable bonds is 6. The Bertz CT molecular complexity index is 617. The number of fused-ring (bicyclic) bond motifs is 1. The Hall–Kier alpha value is -1.88. The third-order valence-electron chi connectivity index (χ3n) is 3.42. The number of carboxylic acid groups (broad SMARTS) is 1. The molecule has 0 spiro atoms. The fraction of sp³-hybridized carbons (Fsp3) is 0.467. The van der Waals surface area contributed by atoms with Gasteiger partial charge in [0, 0.05) is 6.54 Å². The summed E-state index contributed by atoms with van der Waals surface area (Å²) in [5.41, 5.74) is 1.83. The lowest BCUT2D eigenvalue weighted by Crippen LogP contribution is -2.14. The first-order valence-corrected chi connectivity index (χ1v) is 6.84. The predicted octanol–water partition coefficient (Wildman–Crippen LogP) is 2.38. The third-order valence-corrected chi connectivity index (χ3v) is 3.42. The second-order valence-electron chi connectivity index (χ2n) is 5.30. The smallest absolute Gasteiger partial charge is 0.337 e. The average Bonchev–Trinajstić information content (AvgIpc) is 2.70. The second kappa shape index (κ2) is 6.05. The van der Waals surface area contributed by atoms with Gasteiger partial charge in [-0.25, -0.2) is 9.78 Å². The van der Waals surface area contributed by atoms with Crippen molar-refractivity contribution in [2.75, 3.05) is 20.6 Å². The normalized spacial score (nSPS) is 11.4. The van der Waals surface area contributed by atoms with Crippen molar-refractivity contribution >= 4 is 17.0 Å². The van der Waals surface area contributed by atoms with E-state index in [0.29, 0.717) is 5.56 Å². The molecule has 1 aromatic heterocycles. The molecule has 1 N–H and O–H groups in total. The lowest BCUT2D eigenvalue weighted by Gasteiger charge is -2.11. The summed E-state index contributed by atoms with van der Waals surface area (Å²) in [5.74, 6) is -0.0244. The van der Waals surface area contributed by atoms with E-state index >= 15 is 0 Å². The van der Waals surface area contributed by atoms with Crippen molar-refractivity contribution in [1.82, 2.24) is 14.5 Å². The maximum Gasteiger partial charge on any atom is 0.337 e. The third kappa shape index (κ3) is 2.99. The largest absolute Gasteiger partial charge is 0.478 e. The van der Waals surface area contributed by atoms with Crippen molar-refractivity contribution in [3.8, 4) is 0 Å². The number of carboxylic acids is 1. The number of imidazole rings is 1. The van der Waals surface area contributed by atoms with Crippen LogP contribution < -0.4 is 0 Å². The highest BCUT2D eigenvalue weighted by atomic mass is 16.4. The van der Waals surface area contributed by atoms with E-state index in [2.05, 4.69) is 24.0 Å². The number of aryl methyl sites for hydroxylation is 2. The van der Waals surface area contributed by atoms with Crippen LogP contribution in [0.5, 0.6) is 0 Å². The Labute approximate surface area is 118 Å². The quantitative estimate of drug-likeness (QED) is 0.822. The van der Waals surface area contributed by atoms with E-state index in [-0.39, 0.29) is 0 Å². The maximum atomic E-state index is 11.3. The number of aromatic carboxylic acids is 1. The molecule has 0 amide bonds. The summed E-state index contributed by atoms with van der Waals surface area (Å²) in [6.45, 7) is 3.77. The van der Waals surface area contributed by atoms with Crippen LogP contribution in [0.1, 0.15) is 29.0 Å². The second-order valence-corrected chi connectivity index (χ2v) is 5.30. The van der Waals surface area contributed by atoms with Gasteiger partial charge in [0.1, 0.15) is 5.82 Å². The van der Waals surface area contributed by atoms with Crippen LogP contribution in [0.2, 0.25) is 0 Å². The van der Waals surface area contributed by atoms with Gasteiger partial charge in [-0.15, -0.1) is 0 Å². The minimum Gasteiger partial charge on any atom is -0.478 e. The monoisotopic (exact) mass is 275 g/mol. The van der Waals surface area contributed by atoms with E-state index in [1.54, 1.807) is 12.1 Å². The molecule has 0 aliphatic rings. The van der Waals surface area contributed by atoms with E-state index in [1.165, 1.54) is 0 Å². The predicted molar refractivity (Wildman–Crippen MR) is 79.2 cm³/mol. The molecule has 2 aromatic rings. The van der Waals surface area contributed by atoms with Crippen LogP contribution in [0.25, 0.3) is 11.0 Å². The summed E-state index contributed by atoms with van der Waals surface area (Å²) in [4.78, 5) is 18.0. The molecule has 0 aliphatic heterocycles. The van der Waals surface area contributed by atoms with Crippen LogP contribution >= 0.6 is 0 Å². The minimum atomic E-state index is -0.898. The number of nitrogens with zero attached hydrogens (tertiary/aromatic N) is 3. The molecule has 0 aliphatic carbocycles. The molecule has 5 nitrogen and oxygen atoms in total. The van der Waals surface area contributed by atoms with Gasteiger partial charge in [-0.05, 0) is 52.5 Å². The molecular weight excluding hydrogens is 254 g/mol. The Balaban J connectivity index is 2.27. The molecule has 0 unspecified atom stereocenters. The highest BCUT2D eigenvalue weighted by molar-refractivity contribution is 6.01. The number of benzene rings is 1. The first kappa shape index (κ1) is 14.5. The summed E-state index contributed by atoms with van der Waals surface area (Å²) in [6.07, 6.45) is 2.10. The molecule has 1 aromatic carbocycles. The molecule has 0 fully saturated rings. The Morgan fingerprint density at radius 1 is 1.35 bits per heavy atom. The Morgan fingerprint density at radius 3 is 2.75 bits per heavy atom. The number of para-hydroxylation sites is 1. The molecule has 0 bridgehead atoms. The van der Waals surface area contributed by atoms with Crippen LogP contribution in [0.15, 0.2) is 18.2 Å². The van der Waals surface area contributed by atoms with Gasteiger partial charge in [0.15, 0.2) is 0 Å². The van der Waals surface area contributed by atoms with E-state index in [1.807, 2.05) is 17.6 Å². The van der Waals surface area contributed by atoms with Gasteiger partial charge in [-0.2, -0.15) is 0 Å². The van der Waals surface area contributed by atoms with Crippen LogP contribution in [-0.2, 0) is 6.54 Å². The van der Waals surface area contributed by atoms with Crippen molar-refractivity contribution in [2.24, 2.45) is 0 Å². The fourth-order valence-electron chi connectivity index (χ4n) is 2.45. The lowest BCUT2D eigenvalue weighted by molar-refractivity contribution is 0.0698. The van der Waals surface area contributed by atoms with E-state index < -0.39 is 5.97 Å². The van der Waals surface area contributed by atoms with Crippen molar-refractivity contribution < 1.29 is 9.90 Å². The zero-order valence-electron chi connectivity index (χ0n) is 12.3. The molecule has 2 rings (SSSR count). The zero-order chi connectivity index (χ0) is 14.7. The van der Waals surface area contributed by atoms with Gasteiger partial charge in [-0.3, -0.25) is 0 Å². The molecule has 0 saturated heterocycles. The molecule has 0 atom stereocenters. The molecule has 20 heavy (non-hydrogen) atoms. The first-order chi connectivity index (χ1) is 9.50. The van der Waals surface area contributed by atoms with Crippen molar-refractivity contribution in [2.45, 2.75) is 26.3 Å². The summed E-state index contributed by atoms with van der Waals surface area (Å²) < 4.78 is 2.02. The summed E-state index contributed by atoms with van der Waals surface area (Å²) in [6, 6.07) is 5.25. The molecule has 1 heterocycles. The molecule has 5 heteroatoms. The zero-order valence-corrected chi connectivity index (χ0v) is 12.3. The number of aromatic nitrogens is 2. The van der Waals surface area contributed by atoms with Crippen LogP contribution in [0.4, 0.5) is 0 Å². The van der Waals surface area contributed by atoms with Gasteiger partial charge in [0.25, 0.3) is 0 Å². The number of hydrogen-bond acceptors (Lipinski definition) is 3. The van der Waals surface area contributed by atoms with E-state index in [4.69, 9.17) is 0 Å². The molecular formula is C15H21N3O2. The van der Waals surface area contributed by atoms with Crippen molar-refractivity contribution in [3.63, 3.8) is 0 Å². The van der Waals surface area contributed by atoms with Gasteiger partial charge < -0.3 is 14.6 Å². The summed E-state index contributed by atoms with van der Waals surface area (Å²) >= 11 is 0. The van der Waals surface area contributed by atoms with Gasteiger partial charge in [0.2, 0.25) is 0 Å². The lowest BCUT2D eigenvalue weighted by atomic mass is 10.2. The topological polar surface area (TPSA) is 58.4 Å². The number of unbranched alkanes of at least 4 members (excludes halogenated alkanes) is 1. The van der Waals surface area contributed by atoms with Crippen LogP contribution in [-0.4, -0.2) is 46.2 Å². The first-order valence-electron chi connectivity index (χ1n) is 6.84. The van der Waals surface area contributed by atoms with Crippen molar-refractivity contribution in [3.05, 3.63) is 29.6 Å². The fourth-order valence-corrected chi connectivity index (χ4v) is 2.45. The Morgan fingerprint density at radius 2 is 2.10 bits per heavy atom. The summed E-state index contributed by atoms with van der Waals surface area (Å²) in [5, 5.41) is 9.31. The maximum absolute atomic E-state index is 11.3. The molecule has 0 saturated carbocycles. The highest BCUT2D eigenvalue weighted by Gasteiger charge is 2.15. The number of hydrogen-bond donors (Lipinski definition) is 1. The van der Waals surface area contributed by atoms with E-state index in [0.717, 1.165) is 42.8 Å². The van der Waals surface area contributed by atoms with Gasteiger partial charge >= 0.3 is 5.97 Å². The minimum absolute atomic E-state index is 0.329. The van der Waals surface area contributed by atoms with Crippen LogP contribution in [0, 0.1) is 6.92 Å². The SMILES string of the molecule is Cc1nc2cccc(C(=O)O)c2n1CCCCN(C)C. The van der Waals surface area contributed by atoms with E-state index in [9.17, 15) is 9.90 Å². The van der Waals surface area contributed by atoms with Crippen LogP contribution in [0.3, 0.4) is 0 Å². The highest BCUT2D eigenvalue weighted by Crippen LogP contribution is 2.21. The summed E-state index contributed by atoms with van der Waals surface area (Å²) in [7, 11) is 4.11. The van der Waals surface area contributed by atoms with Gasteiger partial charge in [-0.1, -0.05) is 6.07 Å².